The molecular formula is C14H14ClNO4. The lowest BCUT2D eigenvalue weighted by Gasteiger charge is -2.13. The van der Waals surface area contributed by atoms with Gasteiger partial charge in [-0.1, -0.05) is 17.7 Å². The molecule has 1 atom stereocenters. The third kappa shape index (κ3) is 2.99. The van der Waals surface area contributed by atoms with Crippen LogP contribution in [-0.4, -0.2) is 34.3 Å². The Morgan fingerprint density at radius 3 is 2.80 bits per heavy atom. The number of nitrogens with zero attached hydrogens (tertiary/aromatic N) is 1. The van der Waals surface area contributed by atoms with Crippen LogP contribution in [0.25, 0.3) is 0 Å². The summed E-state index contributed by atoms with van der Waals surface area (Å²) < 4.78 is 0. The van der Waals surface area contributed by atoms with E-state index in [1.807, 2.05) is 13.0 Å². The fourth-order valence-corrected chi connectivity index (χ4v) is 2.53. The number of amides is 2. The molecule has 1 heterocycles. The zero-order chi connectivity index (χ0) is 14.9. The monoisotopic (exact) mass is 295 g/mol. The number of benzene rings is 1. The number of imide groups is 1. The molecule has 1 fully saturated rings. The summed E-state index contributed by atoms with van der Waals surface area (Å²) in [6.45, 7) is 1.34. The van der Waals surface area contributed by atoms with Crippen molar-refractivity contribution in [2.75, 3.05) is 6.54 Å². The highest BCUT2D eigenvalue weighted by atomic mass is 35.5. The van der Waals surface area contributed by atoms with Crippen LogP contribution in [0.4, 0.5) is 0 Å². The molecule has 0 radical (unpaired) electrons. The maximum absolute atomic E-state index is 12.1. The largest absolute Gasteiger partial charge is 0.480 e. The predicted octanol–water partition coefficient (Wildman–Crippen LogP) is 1.65. The summed E-state index contributed by atoms with van der Waals surface area (Å²) in [7, 11) is 0. The summed E-state index contributed by atoms with van der Waals surface area (Å²) >= 11 is 5.92. The number of aryl methyl sites for hydroxylation is 1. The molecule has 5 nitrogen and oxygen atoms in total. The minimum absolute atomic E-state index is 0.0536. The Balaban J connectivity index is 2.15. The van der Waals surface area contributed by atoms with Crippen LogP contribution in [0.5, 0.6) is 0 Å². The van der Waals surface area contributed by atoms with E-state index in [0.717, 1.165) is 16.0 Å². The van der Waals surface area contributed by atoms with Crippen molar-refractivity contribution >= 4 is 29.4 Å². The first-order chi connectivity index (χ1) is 9.38. The lowest BCUT2D eigenvalue weighted by molar-refractivity contribution is -0.149. The minimum Gasteiger partial charge on any atom is -0.480 e. The first kappa shape index (κ1) is 14.5. The Kier molecular flexibility index (Phi) is 4.09. The molecule has 1 aliphatic rings. The number of likely N-dealkylation sites (tertiary alicyclic amines) is 1. The summed E-state index contributed by atoms with van der Waals surface area (Å²) in [4.78, 5) is 35.2. The zero-order valence-corrected chi connectivity index (χ0v) is 11.7. The standard InChI is InChI=1S/C14H14ClNO4/c1-8-2-3-11(15)5-9(8)4-10-6-12(17)16(14(10)20)7-13(18)19/h2-3,5,10H,4,6-7H2,1H3,(H,18,19). The number of hydrogen-bond acceptors (Lipinski definition) is 3. The number of carboxylic acids is 1. The van der Waals surface area contributed by atoms with E-state index < -0.39 is 30.2 Å². The molecule has 1 N–H and O–H groups in total. The van der Waals surface area contributed by atoms with Crippen molar-refractivity contribution < 1.29 is 19.5 Å². The van der Waals surface area contributed by atoms with Crippen LogP contribution in [-0.2, 0) is 20.8 Å². The van der Waals surface area contributed by atoms with E-state index in [-0.39, 0.29) is 6.42 Å². The highest BCUT2D eigenvalue weighted by molar-refractivity contribution is 6.30. The highest BCUT2D eigenvalue weighted by Gasteiger charge is 2.39. The van der Waals surface area contributed by atoms with E-state index in [9.17, 15) is 14.4 Å². The van der Waals surface area contributed by atoms with Crippen LogP contribution in [0.1, 0.15) is 17.5 Å². The van der Waals surface area contributed by atoms with Gasteiger partial charge in [-0.05, 0) is 36.6 Å². The first-order valence-corrected chi connectivity index (χ1v) is 6.57. The molecule has 6 heteroatoms. The van der Waals surface area contributed by atoms with Gasteiger partial charge in [-0.25, -0.2) is 0 Å². The molecule has 20 heavy (non-hydrogen) atoms. The van der Waals surface area contributed by atoms with Crippen molar-refractivity contribution in [1.29, 1.82) is 0 Å². The number of carboxylic acid groups (broad SMARTS) is 1. The van der Waals surface area contributed by atoms with Gasteiger partial charge in [-0.3, -0.25) is 19.3 Å². The molecule has 0 bridgehead atoms. The Bertz CT molecular complexity index is 585. The maximum Gasteiger partial charge on any atom is 0.323 e. The third-order valence-corrected chi connectivity index (χ3v) is 3.64. The third-order valence-electron chi connectivity index (χ3n) is 3.41. The molecule has 1 unspecified atom stereocenters. The molecule has 0 saturated carbocycles. The molecule has 0 aliphatic carbocycles. The average molecular weight is 296 g/mol. The van der Waals surface area contributed by atoms with Crippen LogP contribution in [0, 0.1) is 12.8 Å². The first-order valence-electron chi connectivity index (χ1n) is 6.19. The Hall–Kier alpha value is -1.88. The van der Waals surface area contributed by atoms with Crippen LogP contribution < -0.4 is 0 Å². The fourth-order valence-electron chi connectivity index (χ4n) is 2.34. The van der Waals surface area contributed by atoms with Crippen molar-refractivity contribution in [3.8, 4) is 0 Å². The van der Waals surface area contributed by atoms with Crippen molar-refractivity contribution in [2.45, 2.75) is 19.8 Å². The Labute approximate surface area is 121 Å². The molecule has 2 rings (SSSR count). The number of carbonyl (C=O) groups is 3. The Morgan fingerprint density at radius 1 is 1.45 bits per heavy atom. The van der Waals surface area contributed by atoms with Crippen LogP contribution in [0.2, 0.25) is 5.02 Å². The minimum atomic E-state index is -1.19. The van der Waals surface area contributed by atoms with Crippen LogP contribution >= 0.6 is 11.6 Å². The van der Waals surface area contributed by atoms with Crippen LogP contribution in [0.15, 0.2) is 18.2 Å². The van der Waals surface area contributed by atoms with Crippen LogP contribution in [0.3, 0.4) is 0 Å². The normalized spacial score (nSPS) is 18.7. The van der Waals surface area contributed by atoms with Crippen molar-refractivity contribution in [2.24, 2.45) is 5.92 Å². The summed E-state index contributed by atoms with van der Waals surface area (Å²) in [5, 5.41) is 9.28. The van der Waals surface area contributed by atoms with Crippen molar-refractivity contribution in [3.05, 3.63) is 34.3 Å². The van der Waals surface area contributed by atoms with Gasteiger partial charge in [0.2, 0.25) is 11.8 Å². The topological polar surface area (TPSA) is 74.7 Å². The van der Waals surface area contributed by atoms with Gasteiger partial charge in [0, 0.05) is 11.4 Å². The molecule has 1 aromatic carbocycles. The maximum atomic E-state index is 12.1. The molecule has 1 aromatic rings. The van der Waals surface area contributed by atoms with Crippen molar-refractivity contribution in [1.82, 2.24) is 4.90 Å². The van der Waals surface area contributed by atoms with Gasteiger partial charge >= 0.3 is 5.97 Å². The summed E-state index contributed by atoms with van der Waals surface area (Å²) in [6, 6.07) is 5.39. The number of hydrogen-bond donors (Lipinski definition) is 1. The van der Waals surface area contributed by atoms with Gasteiger partial charge in [-0.2, -0.15) is 0 Å². The lowest BCUT2D eigenvalue weighted by Crippen LogP contribution is -2.35. The van der Waals surface area contributed by atoms with Gasteiger partial charge in [0.05, 0.1) is 5.92 Å². The van der Waals surface area contributed by atoms with E-state index in [1.165, 1.54) is 0 Å². The summed E-state index contributed by atoms with van der Waals surface area (Å²) in [5.74, 6) is -2.54. The van der Waals surface area contributed by atoms with E-state index in [0.29, 0.717) is 11.4 Å². The second-order valence-electron chi connectivity index (χ2n) is 4.89. The van der Waals surface area contributed by atoms with Crippen molar-refractivity contribution in [3.63, 3.8) is 0 Å². The number of aliphatic carboxylic acids is 1. The van der Waals surface area contributed by atoms with E-state index in [1.54, 1.807) is 12.1 Å². The SMILES string of the molecule is Cc1ccc(Cl)cc1CC1CC(=O)N(CC(=O)O)C1=O. The quantitative estimate of drug-likeness (QED) is 0.857. The molecule has 106 valence electrons. The smallest absolute Gasteiger partial charge is 0.323 e. The number of rotatable bonds is 4. The predicted molar refractivity (Wildman–Crippen MR) is 72.4 cm³/mol. The number of carbonyl (C=O) groups excluding carboxylic acids is 2. The average Bonchev–Trinajstić information content (AvgIpc) is 2.61. The Morgan fingerprint density at radius 2 is 2.15 bits per heavy atom. The summed E-state index contributed by atoms with van der Waals surface area (Å²) in [6.07, 6.45) is 0.450. The number of halogens is 1. The van der Waals surface area contributed by atoms with Gasteiger partial charge in [0.1, 0.15) is 6.54 Å². The van der Waals surface area contributed by atoms with E-state index in [2.05, 4.69) is 0 Å². The van der Waals surface area contributed by atoms with Gasteiger partial charge in [0.15, 0.2) is 0 Å². The second-order valence-corrected chi connectivity index (χ2v) is 5.32. The molecule has 2 amide bonds. The molecule has 0 aromatic heterocycles. The van der Waals surface area contributed by atoms with Gasteiger partial charge in [0.25, 0.3) is 0 Å². The highest BCUT2D eigenvalue weighted by Crippen LogP contribution is 2.26. The summed E-state index contributed by atoms with van der Waals surface area (Å²) in [5.41, 5.74) is 1.90. The molecular weight excluding hydrogens is 282 g/mol. The fraction of sp³-hybridized carbons (Fsp3) is 0.357. The molecule has 0 spiro atoms. The zero-order valence-electron chi connectivity index (χ0n) is 10.9. The van der Waals surface area contributed by atoms with Gasteiger partial charge < -0.3 is 5.11 Å². The van der Waals surface area contributed by atoms with Gasteiger partial charge in [-0.15, -0.1) is 0 Å². The van der Waals surface area contributed by atoms with E-state index >= 15 is 0 Å². The molecule has 1 aliphatic heterocycles. The lowest BCUT2D eigenvalue weighted by atomic mass is 9.95. The van der Waals surface area contributed by atoms with E-state index in [4.69, 9.17) is 16.7 Å². The second kappa shape index (κ2) is 5.63. The molecule has 1 saturated heterocycles.